The molecule has 3 aromatic rings. The van der Waals surface area contributed by atoms with Crippen molar-refractivity contribution in [3.63, 3.8) is 0 Å². The lowest BCUT2D eigenvalue weighted by Crippen LogP contribution is -2.24. The van der Waals surface area contributed by atoms with Crippen molar-refractivity contribution in [2.24, 2.45) is 0 Å². The molecule has 4 rings (SSSR count). The summed E-state index contributed by atoms with van der Waals surface area (Å²) in [6, 6.07) is 13.5. The number of aromatic hydroxyl groups is 1. The summed E-state index contributed by atoms with van der Waals surface area (Å²) in [6.07, 6.45) is 0.743. The fraction of sp³-hybridized carbons (Fsp3) is 0.167. The van der Waals surface area contributed by atoms with E-state index in [4.69, 9.17) is 5.10 Å². The van der Waals surface area contributed by atoms with E-state index in [2.05, 4.69) is 5.32 Å². The predicted octanol–water partition coefficient (Wildman–Crippen LogP) is 2.80. The molecule has 2 heterocycles. The average molecular weight is 336 g/mol. The molecule has 0 saturated carbocycles. The Kier molecular flexibility index (Phi) is 3.70. The summed E-state index contributed by atoms with van der Waals surface area (Å²) < 4.78 is 1.69. The first-order valence-corrected chi connectivity index (χ1v) is 8.00. The SMILES string of the molecule is O=[N+]([O-])c1ccccc1-n1nc(-c2ccc(O)cc2)c2c1CCNC2. The van der Waals surface area contributed by atoms with Gasteiger partial charge < -0.3 is 10.4 Å². The molecule has 1 aliphatic rings. The molecule has 126 valence electrons. The number of para-hydroxylation sites is 2. The number of rotatable bonds is 3. The predicted molar refractivity (Wildman–Crippen MR) is 92.7 cm³/mol. The molecule has 1 aromatic heterocycles. The third kappa shape index (κ3) is 2.64. The maximum absolute atomic E-state index is 11.4. The molecule has 0 amide bonds. The number of nitrogens with one attached hydrogen (secondary N) is 1. The Balaban J connectivity index is 1.93. The number of hydrogen-bond acceptors (Lipinski definition) is 5. The minimum atomic E-state index is -0.384. The maximum Gasteiger partial charge on any atom is 0.294 e. The lowest BCUT2D eigenvalue weighted by Gasteiger charge is -2.15. The van der Waals surface area contributed by atoms with Crippen LogP contribution in [0.3, 0.4) is 0 Å². The van der Waals surface area contributed by atoms with Crippen LogP contribution in [0.2, 0.25) is 0 Å². The number of phenols is 1. The number of benzene rings is 2. The molecule has 7 heteroatoms. The van der Waals surface area contributed by atoms with Crippen molar-refractivity contribution in [3.8, 4) is 22.7 Å². The highest BCUT2D eigenvalue weighted by Crippen LogP contribution is 2.32. The van der Waals surface area contributed by atoms with Crippen LogP contribution < -0.4 is 5.32 Å². The van der Waals surface area contributed by atoms with Crippen molar-refractivity contribution in [2.75, 3.05) is 6.54 Å². The Hall–Kier alpha value is -3.19. The molecule has 1 aliphatic heterocycles. The molecule has 2 aromatic carbocycles. The Morgan fingerprint density at radius 3 is 2.68 bits per heavy atom. The Morgan fingerprint density at radius 1 is 1.16 bits per heavy atom. The smallest absolute Gasteiger partial charge is 0.294 e. The quantitative estimate of drug-likeness (QED) is 0.567. The first-order chi connectivity index (χ1) is 12.1. The van der Waals surface area contributed by atoms with Crippen LogP contribution in [-0.2, 0) is 13.0 Å². The third-order valence-corrected chi connectivity index (χ3v) is 4.38. The summed E-state index contributed by atoms with van der Waals surface area (Å²) in [6.45, 7) is 1.46. The van der Waals surface area contributed by atoms with Crippen LogP contribution in [0.1, 0.15) is 11.3 Å². The highest BCUT2D eigenvalue weighted by atomic mass is 16.6. The van der Waals surface area contributed by atoms with Gasteiger partial charge >= 0.3 is 0 Å². The van der Waals surface area contributed by atoms with Gasteiger partial charge in [-0.15, -0.1) is 0 Å². The number of hydrogen-bond donors (Lipinski definition) is 2. The van der Waals surface area contributed by atoms with Gasteiger partial charge in [-0.3, -0.25) is 10.1 Å². The summed E-state index contributed by atoms with van der Waals surface area (Å²) in [5.74, 6) is 0.189. The van der Waals surface area contributed by atoms with Gasteiger partial charge in [0.1, 0.15) is 11.4 Å². The van der Waals surface area contributed by atoms with E-state index in [9.17, 15) is 15.2 Å². The first kappa shape index (κ1) is 15.3. The van der Waals surface area contributed by atoms with Crippen molar-refractivity contribution < 1.29 is 10.0 Å². The molecule has 0 radical (unpaired) electrons. The summed E-state index contributed by atoms with van der Waals surface area (Å²) in [5.41, 5.74) is 4.17. The number of phenolic OH excluding ortho intramolecular Hbond substituents is 1. The van der Waals surface area contributed by atoms with Gasteiger partial charge in [0, 0.05) is 36.7 Å². The Morgan fingerprint density at radius 2 is 1.92 bits per heavy atom. The van der Waals surface area contributed by atoms with Crippen molar-refractivity contribution >= 4 is 5.69 Å². The van der Waals surface area contributed by atoms with Gasteiger partial charge in [-0.2, -0.15) is 5.10 Å². The van der Waals surface area contributed by atoms with E-state index in [1.165, 1.54) is 6.07 Å². The summed E-state index contributed by atoms with van der Waals surface area (Å²) >= 11 is 0. The first-order valence-electron chi connectivity index (χ1n) is 8.00. The molecule has 7 nitrogen and oxygen atoms in total. The van der Waals surface area contributed by atoms with E-state index in [-0.39, 0.29) is 16.4 Å². The number of aromatic nitrogens is 2. The standard InChI is InChI=1S/C18H16N4O3/c23-13-7-5-12(6-8-13)18-14-11-19-10-9-15(14)21(20-18)16-3-1-2-4-17(16)22(24)25/h1-8,19,23H,9-11H2. The van der Waals surface area contributed by atoms with E-state index < -0.39 is 0 Å². The molecule has 0 unspecified atom stereocenters. The molecule has 0 atom stereocenters. The van der Waals surface area contributed by atoms with Crippen molar-refractivity contribution in [1.82, 2.24) is 15.1 Å². The number of fused-ring (bicyclic) bond motifs is 1. The average Bonchev–Trinajstić information content (AvgIpc) is 3.02. The topological polar surface area (TPSA) is 93.2 Å². The fourth-order valence-electron chi connectivity index (χ4n) is 3.20. The second-order valence-electron chi connectivity index (χ2n) is 5.91. The fourth-order valence-corrected chi connectivity index (χ4v) is 3.20. The van der Waals surface area contributed by atoms with E-state index in [0.29, 0.717) is 12.2 Å². The molecule has 2 N–H and O–H groups in total. The Bertz CT molecular complexity index is 947. The van der Waals surface area contributed by atoms with Gasteiger partial charge in [-0.05, 0) is 30.3 Å². The van der Waals surface area contributed by atoms with Crippen LogP contribution in [-0.4, -0.2) is 26.4 Å². The van der Waals surface area contributed by atoms with Gasteiger partial charge in [0.2, 0.25) is 0 Å². The van der Waals surface area contributed by atoms with Crippen LogP contribution in [0.5, 0.6) is 5.75 Å². The highest BCUT2D eigenvalue weighted by Gasteiger charge is 2.25. The molecular weight excluding hydrogens is 320 g/mol. The second-order valence-corrected chi connectivity index (χ2v) is 5.91. The number of nitrogens with zero attached hydrogens (tertiary/aromatic N) is 3. The van der Waals surface area contributed by atoms with E-state index >= 15 is 0 Å². The van der Waals surface area contributed by atoms with Crippen LogP contribution in [0.25, 0.3) is 16.9 Å². The zero-order valence-corrected chi connectivity index (χ0v) is 13.3. The largest absolute Gasteiger partial charge is 0.508 e. The van der Waals surface area contributed by atoms with Gasteiger partial charge in [-0.25, -0.2) is 4.68 Å². The summed E-state index contributed by atoms with van der Waals surface area (Å²) in [4.78, 5) is 11.0. The molecule has 0 saturated heterocycles. The van der Waals surface area contributed by atoms with Crippen LogP contribution in [0, 0.1) is 10.1 Å². The monoisotopic (exact) mass is 336 g/mol. The van der Waals surface area contributed by atoms with Gasteiger partial charge in [0.25, 0.3) is 5.69 Å². The molecule has 25 heavy (non-hydrogen) atoms. The minimum Gasteiger partial charge on any atom is -0.508 e. The van der Waals surface area contributed by atoms with E-state index in [0.717, 1.165) is 35.5 Å². The molecule has 0 bridgehead atoms. The maximum atomic E-state index is 11.4. The molecular formula is C18H16N4O3. The lowest BCUT2D eigenvalue weighted by molar-refractivity contribution is -0.384. The third-order valence-electron chi connectivity index (χ3n) is 4.38. The van der Waals surface area contributed by atoms with Crippen LogP contribution in [0.4, 0.5) is 5.69 Å². The van der Waals surface area contributed by atoms with Gasteiger partial charge in [0.15, 0.2) is 0 Å². The van der Waals surface area contributed by atoms with E-state index in [1.54, 1.807) is 47.1 Å². The Labute approximate surface area is 143 Å². The van der Waals surface area contributed by atoms with Gasteiger partial charge in [-0.1, -0.05) is 12.1 Å². The normalized spacial score (nSPS) is 13.4. The minimum absolute atomic E-state index is 0.0311. The molecule has 0 aliphatic carbocycles. The van der Waals surface area contributed by atoms with Crippen LogP contribution >= 0.6 is 0 Å². The summed E-state index contributed by atoms with van der Waals surface area (Å²) in [5, 5.41) is 28.9. The van der Waals surface area contributed by atoms with Crippen molar-refractivity contribution in [3.05, 3.63) is 69.9 Å². The second kappa shape index (κ2) is 6.03. The van der Waals surface area contributed by atoms with E-state index in [1.807, 2.05) is 0 Å². The zero-order valence-electron chi connectivity index (χ0n) is 13.3. The highest BCUT2D eigenvalue weighted by molar-refractivity contribution is 5.67. The summed E-state index contributed by atoms with van der Waals surface area (Å²) in [7, 11) is 0. The lowest BCUT2D eigenvalue weighted by atomic mass is 10.0. The van der Waals surface area contributed by atoms with Gasteiger partial charge in [0.05, 0.1) is 16.3 Å². The molecule has 0 fully saturated rings. The van der Waals surface area contributed by atoms with Crippen LogP contribution in [0.15, 0.2) is 48.5 Å². The zero-order chi connectivity index (χ0) is 17.4. The molecule has 0 spiro atoms. The van der Waals surface area contributed by atoms with Crippen molar-refractivity contribution in [1.29, 1.82) is 0 Å². The number of nitro benzene ring substituents is 1. The van der Waals surface area contributed by atoms with Crippen molar-refractivity contribution in [2.45, 2.75) is 13.0 Å². The number of nitro groups is 1.